The van der Waals surface area contributed by atoms with E-state index in [2.05, 4.69) is 5.32 Å². The highest BCUT2D eigenvalue weighted by Crippen LogP contribution is 2.28. The van der Waals surface area contributed by atoms with Crippen LogP contribution in [-0.2, 0) is 26.2 Å². The predicted molar refractivity (Wildman–Crippen MR) is 145 cm³/mol. The Labute approximate surface area is 214 Å². The molecular weight excluding hydrogens is 474 g/mol. The number of aryl methyl sites for hydroxylation is 1. The molecule has 192 valence electrons. The Morgan fingerprint density at radius 2 is 1.64 bits per heavy atom. The summed E-state index contributed by atoms with van der Waals surface area (Å²) in [6, 6.07) is 19.8. The highest BCUT2D eigenvalue weighted by atomic mass is 32.2. The fourth-order valence-corrected chi connectivity index (χ4v) is 4.89. The van der Waals surface area contributed by atoms with Crippen molar-refractivity contribution >= 4 is 38.3 Å². The van der Waals surface area contributed by atoms with E-state index in [9.17, 15) is 18.0 Å². The van der Waals surface area contributed by atoms with Crippen molar-refractivity contribution < 1.29 is 18.0 Å². The van der Waals surface area contributed by atoms with E-state index in [-0.39, 0.29) is 12.5 Å². The summed E-state index contributed by atoms with van der Waals surface area (Å²) in [6.45, 7) is 5.99. The maximum Gasteiger partial charge on any atom is 0.244 e. The molecule has 0 radical (unpaired) electrons. The second kappa shape index (κ2) is 12.0. The minimum absolute atomic E-state index is 0.189. The molecule has 3 rings (SSSR count). The van der Waals surface area contributed by atoms with Crippen LogP contribution in [0.4, 0.5) is 5.69 Å². The number of fused-ring (bicyclic) bond motifs is 1. The summed E-state index contributed by atoms with van der Waals surface area (Å²) in [7, 11) is -3.79. The first-order valence-corrected chi connectivity index (χ1v) is 14.0. The standard InChI is InChI=1S/C28H35N3O4S/c1-5-6-18-29-28(33)22(3)30(19-23-16-14-21(2)15-17-23)27(32)20-31(36(4,34)35)26-13-9-11-24-10-7-8-12-25(24)26/h7-17,22H,5-6,18-20H2,1-4H3,(H,29,33). The maximum absolute atomic E-state index is 13.7. The van der Waals surface area contributed by atoms with Crippen molar-refractivity contribution in [2.24, 2.45) is 0 Å². The number of benzene rings is 3. The van der Waals surface area contributed by atoms with Gasteiger partial charge in [0, 0.05) is 18.5 Å². The van der Waals surface area contributed by atoms with Crippen LogP contribution in [0.25, 0.3) is 10.8 Å². The van der Waals surface area contributed by atoms with Crippen LogP contribution in [0.1, 0.15) is 37.8 Å². The number of carbonyl (C=O) groups is 2. The average molecular weight is 510 g/mol. The molecule has 0 fully saturated rings. The zero-order valence-corrected chi connectivity index (χ0v) is 22.2. The van der Waals surface area contributed by atoms with Gasteiger partial charge in [-0.05, 0) is 37.3 Å². The van der Waals surface area contributed by atoms with Crippen molar-refractivity contribution in [3.05, 3.63) is 77.9 Å². The normalized spacial score (nSPS) is 12.2. The molecule has 3 aromatic carbocycles. The molecule has 0 saturated carbocycles. The molecule has 0 saturated heterocycles. The number of unbranched alkanes of at least 4 members (excludes halogenated alkanes) is 1. The topological polar surface area (TPSA) is 86.8 Å². The van der Waals surface area contributed by atoms with E-state index in [4.69, 9.17) is 0 Å². The van der Waals surface area contributed by atoms with Gasteiger partial charge in [-0.3, -0.25) is 13.9 Å². The van der Waals surface area contributed by atoms with E-state index in [1.165, 1.54) is 4.90 Å². The molecule has 0 bridgehead atoms. The van der Waals surface area contributed by atoms with Crippen molar-refractivity contribution in [3.8, 4) is 0 Å². The van der Waals surface area contributed by atoms with Crippen molar-refractivity contribution in [1.29, 1.82) is 0 Å². The van der Waals surface area contributed by atoms with Gasteiger partial charge in [-0.25, -0.2) is 8.42 Å². The Balaban J connectivity index is 1.95. The van der Waals surface area contributed by atoms with Crippen molar-refractivity contribution in [2.45, 2.75) is 46.2 Å². The second-order valence-electron chi connectivity index (χ2n) is 9.10. The van der Waals surface area contributed by atoms with Gasteiger partial charge in [0.1, 0.15) is 12.6 Å². The van der Waals surface area contributed by atoms with E-state index in [0.29, 0.717) is 12.2 Å². The first-order valence-electron chi connectivity index (χ1n) is 12.2. The number of hydrogen-bond acceptors (Lipinski definition) is 4. The third-order valence-electron chi connectivity index (χ3n) is 6.18. The third kappa shape index (κ3) is 6.85. The molecule has 7 nitrogen and oxygen atoms in total. The maximum atomic E-state index is 13.7. The van der Waals surface area contributed by atoms with Gasteiger partial charge in [-0.1, -0.05) is 79.6 Å². The molecule has 0 aliphatic rings. The molecule has 8 heteroatoms. The van der Waals surface area contributed by atoms with Gasteiger partial charge >= 0.3 is 0 Å². The van der Waals surface area contributed by atoms with Crippen LogP contribution >= 0.6 is 0 Å². The highest BCUT2D eigenvalue weighted by molar-refractivity contribution is 7.92. The molecule has 1 atom stereocenters. The number of nitrogens with one attached hydrogen (secondary N) is 1. The van der Waals surface area contributed by atoms with Gasteiger partial charge in [0.2, 0.25) is 21.8 Å². The van der Waals surface area contributed by atoms with Crippen LogP contribution in [0.5, 0.6) is 0 Å². The van der Waals surface area contributed by atoms with E-state index in [1.54, 1.807) is 19.1 Å². The molecule has 0 spiro atoms. The smallest absolute Gasteiger partial charge is 0.244 e. The lowest BCUT2D eigenvalue weighted by atomic mass is 10.1. The summed E-state index contributed by atoms with van der Waals surface area (Å²) in [5, 5.41) is 4.49. The van der Waals surface area contributed by atoms with Gasteiger partial charge in [-0.15, -0.1) is 0 Å². The van der Waals surface area contributed by atoms with Crippen molar-refractivity contribution in [1.82, 2.24) is 10.2 Å². The molecule has 0 aromatic heterocycles. The Morgan fingerprint density at radius 3 is 2.31 bits per heavy atom. The van der Waals surface area contributed by atoms with Gasteiger partial charge in [0.25, 0.3) is 0 Å². The molecule has 0 heterocycles. The molecule has 36 heavy (non-hydrogen) atoms. The third-order valence-corrected chi connectivity index (χ3v) is 7.31. The summed E-state index contributed by atoms with van der Waals surface area (Å²) < 4.78 is 26.9. The summed E-state index contributed by atoms with van der Waals surface area (Å²) in [6.07, 6.45) is 2.87. The van der Waals surface area contributed by atoms with E-state index < -0.39 is 28.5 Å². The Hall–Kier alpha value is -3.39. The van der Waals surface area contributed by atoms with Crippen LogP contribution in [0.3, 0.4) is 0 Å². The lowest BCUT2D eigenvalue weighted by Crippen LogP contribution is -2.51. The second-order valence-corrected chi connectivity index (χ2v) is 11.0. The molecule has 1 unspecified atom stereocenters. The van der Waals surface area contributed by atoms with E-state index in [1.807, 2.05) is 68.4 Å². The van der Waals surface area contributed by atoms with Crippen LogP contribution < -0.4 is 9.62 Å². The highest BCUT2D eigenvalue weighted by Gasteiger charge is 2.30. The lowest BCUT2D eigenvalue weighted by Gasteiger charge is -2.32. The summed E-state index contributed by atoms with van der Waals surface area (Å²) in [5.74, 6) is -0.716. The van der Waals surface area contributed by atoms with Crippen LogP contribution in [-0.4, -0.2) is 50.5 Å². The first kappa shape index (κ1) is 27.2. The zero-order chi connectivity index (χ0) is 26.3. The molecule has 0 aliphatic carbocycles. The number of sulfonamides is 1. The molecule has 1 N–H and O–H groups in total. The number of amides is 2. The quantitative estimate of drug-likeness (QED) is 0.392. The van der Waals surface area contributed by atoms with Crippen LogP contribution in [0.15, 0.2) is 66.7 Å². The van der Waals surface area contributed by atoms with Gasteiger partial charge in [0.05, 0.1) is 11.9 Å². The number of anilines is 1. The number of carbonyl (C=O) groups excluding carboxylic acids is 2. The average Bonchev–Trinajstić information content (AvgIpc) is 2.85. The SMILES string of the molecule is CCCCNC(=O)C(C)N(Cc1ccc(C)cc1)C(=O)CN(c1cccc2ccccc12)S(C)(=O)=O. The Morgan fingerprint density at radius 1 is 0.972 bits per heavy atom. The molecular formula is C28H35N3O4S. The summed E-state index contributed by atoms with van der Waals surface area (Å²) >= 11 is 0. The molecule has 3 aromatic rings. The monoisotopic (exact) mass is 509 g/mol. The molecule has 0 aliphatic heterocycles. The minimum atomic E-state index is -3.79. The summed E-state index contributed by atoms with van der Waals surface area (Å²) in [4.78, 5) is 28.0. The fraction of sp³-hybridized carbons (Fsp3) is 0.357. The minimum Gasteiger partial charge on any atom is -0.354 e. The first-order chi connectivity index (χ1) is 17.1. The van der Waals surface area contributed by atoms with Crippen molar-refractivity contribution in [3.63, 3.8) is 0 Å². The Kier molecular flexibility index (Phi) is 9.09. The van der Waals surface area contributed by atoms with E-state index in [0.717, 1.165) is 45.3 Å². The van der Waals surface area contributed by atoms with Crippen LogP contribution in [0, 0.1) is 6.92 Å². The van der Waals surface area contributed by atoms with Gasteiger partial charge < -0.3 is 10.2 Å². The Bertz CT molecular complexity index is 1300. The number of rotatable bonds is 11. The van der Waals surface area contributed by atoms with Gasteiger partial charge in [0.15, 0.2) is 0 Å². The number of hydrogen-bond donors (Lipinski definition) is 1. The largest absolute Gasteiger partial charge is 0.354 e. The van der Waals surface area contributed by atoms with E-state index >= 15 is 0 Å². The predicted octanol–water partition coefficient (Wildman–Crippen LogP) is 4.25. The fourth-order valence-electron chi connectivity index (χ4n) is 4.03. The van der Waals surface area contributed by atoms with Gasteiger partial charge in [-0.2, -0.15) is 0 Å². The van der Waals surface area contributed by atoms with Crippen LogP contribution in [0.2, 0.25) is 0 Å². The molecule has 2 amide bonds. The summed E-state index contributed by atoms with van der Waals surface area (Å²) in [5.41, 5.74) is 2.37. The van der Waals surface area contributed by atoms with Crippen molar-refractivity contribution in [2.75, 3.05) is 23.7 Å². The number of nitrogens with zero attached hydrogens (tertiary/aromatic N) is 2. The zero-order valence-electron chi connectivity index (χ0n) is 21.4. The lowest BCUT2D eigenvalue weighted by molar-refractivity contribution is -0.139.